The van der Waals surface area contributed by atoms with Crippen LogP contribution in [-0.4, -0.2) is 24.5 Å². The van der Waals surface area contributed by atoms with Crippen molar-refractivity contribution in [3.63, 3.8) is 0 Å². The highest BCUT2D eigenvalue weighted by molar-refractivity contribution is 8.18. The van der Waals surface area contributed by atoms with E-state index in [9.17, 15) is 18.0 Å². The fourth-order valence-electron chi connectivity index (χ4n) is 3.80. The molecule has 0 radical (unpaired) electrons. The molecule has 1 fully saturated rings. The van der Waals surface area contributed by atoms with Gasteiger partial charge in [-0.3, -0.25) is 14.5 Å². The Labute approximate surface area is 217 Å². The molecule has 1 aliphatic heterocycles. The zero-order valence-corrected chi connectivity index (χ0v) is 21.0. The molecule has 36 heavy (non-hydrogen) atoms. The number of imide groups is 1. The standard InChI is InChI=1S/C27H18ClNO5S2/c28-20-11-13-21(14-12-20)36(32,33)34-24-15-10-19-8-4-5-9-22(19)23(24)16-25-26(30)29(27(31)35-25)17-18-6-2-1-3-7-18/h1-16H,17H2/b25-16-. The van der Waals surface area contributed by atoms with Crippen molar-refractivity contribution in [2.24, 2.45) is 0 Å². The molecule has 0 saturated carbocycles. The van der Waals surface area contributed by atoms with Gasteiger partial charge < -0.3 is 4.18 Å². The fourth-order valence-corrected chi connectivity index (χ4v) is 5.69. The molecular formula is C27H18ClNO5S2. The average molecular weight is 536 g/mol. The third-order valence-corrected chi connectivity index (χ3v) is 7.97. The molecule has 0 atom stereocenters. The molecule has 0 aromatic heterocycles. The second-order valence-electron chi connectivity index (χ2n) is 7.94. The Morgan fingerprint density at radius 3 is 2.31 bits per heavy atom. The van der Waals surface area contributed by atoms with Crippen LogP contribution in [0.25, 0.3) is 16.8 Å². The van der Waals surface area contributed by atoms with Crippen LogP contribution in [0.15, 0.2) is 101 Å². The Bertz CT molecular complexity index is 1620. The molecular weight excluding hydrogens is 518 g/mol. The highest BCUT2D eigenvalue weighted by atomic mass is 35.5. The zero-order valence-electron chi connectivity index (χ0n) is 18.6. The summed E-state index contributed by atoms with van der Waals surface area (Å²) in [6, 6.07) is 25.4. The van der Waals surface area contributed by atoms with Crippen LogP contribution >= 0.6 is 23.4 Å². The number of hydrogen-bond acceptors (Lipinski definition) is 6. The summed E-state index contributed by atoms with van der Waals surface area (Å²) in [5, 5.41) is 1.50. The van der Waals surface area contributed by atoms with E-state index in [-0.39, 0.29) is 22.1 Å². The first-order valence-corrected chi connectivity index (χ1v) is 13.4. The van der Waals surface area contributed by atoms with Crippen molar-refractivity contribution in [1.82, 2.24) is 4.90 Å². The molecule has 1 aliphatic rings. The van der Waals surface area contributed by atoms with Gasteiger partial charge in [-0.2, -0.15) is 8.42 Å². The number of rotatable bonds is 6. The lowest BCUT2D eigenvalue weighted by Crippen LogP contribution is -2.27. The molecule has 0 aliphatic carbocycles. The summed E-state index contributed by atoms with van der Waals surface area (Å²) >= 11 is 6.69. The van der Waals surface area contributed by atoms with Gasteiger partial charge in [-0.05, 0) is 64.5 Å². The number of fused-ring (bicyclic) bond motifs is 1. The van der Waals surface area contributed by atoms with Crippen molar-refractivity contribution < 1.29 is 22.2 Å². The highest BCUT2D eigenvalue weighted by Gasteiger charge is 2.35. The Morgan fingerprint density at radius 2 is 1.56 bits per heavy atom. The summed E-state index contributed by atoms with van der Waals surface area (Å²) in [5.41, 5.74) is 1.21. The van der Waals surface area contributed by atoms with Crippen LogP contribution < -0.4 is 4.18 Å². The lowest BCUT2D eigenvalue weighted by molar-refractivity contribution is -0.123. The van der Waals surface area contributed by atoms with Crippen LogP contribution in [0.2, 0.25) is 5.02 Å². The summed E-state index contributed by atoms with van der Waals surface area (Å²) in [5.74, 6) is -0.410. The number of hydrogen-bond donors (Lipinski definition) is 0. The second-order valence-corrected chi connectivity index (χ2v) is 10.9. The predicted octanol–water partition coefficient (Wildman–Crippen LogP) is 6.50. The number of carbonyl (C=O) groups is 2. The first-order chi connectivity index (χ1) is 17.3. The molecule has 4 aromatic carbocycles. The van der Waals surface area contributed by atoms with E-state index in [1.165, 1.54) is 41.3 Å². The maximum absolute atomic E-state index is 13.2. The van der Waals surface area contributed by atoms with E-state index < -0.39 is 21.3 Å². The van der Waals surface area contributed by atoms with Crippen molar-refractivity contribution >= 4 is 61.5 Å². The minimum atomic E-state index is -4.19. The summed E-state index contributed by atoms with van der Waals surface area (Å²) in [4.78, 5) is 27.1. The van der Waals surface area contributed by atoms with Gasteiger partial charge in [0.25, 0.3) is 11.1 Å². The molecule has 6 nitrogen and oxygen atoms in total. The van der Waals surface area contributed by atoms with Crippen molar-refractivity contribution in [3.8, 4) is 5.75 Å². The van der Waals surface area contributed by atoms with Crippen LogP contribution in [0.4, 0.5) is 4.79 Å². The zero-order chi connectivity index (χ0) is 25.3. The lowest BCUT2D eigenvalue weighted by Gasteiger charge is -2.13. The van der Waals surface area contributed by atoms with Gasteiger partial charge in [0.1, 0.15) is 4.90 Å². The topological polar surface area (TPSA) is 80.8 Å². The largest absolute Gasteiger partial charge is 0.378 e. The van der Waals surface area contributed by atoms with Crippen LogP contribution in [0.3, 0.4) is 0 Å². The Hall–Kier alpha value is -3.59. The lowest BCUT2D eigenvalue weighted by atomic mass is 10.0. The maximum Gasteiger partial charge on any atom is 0.339 e. The summed E-state index contributed by atoms with van der Waals surface area (Å²) in [6.07, 6.45) is 1.52. The maximum atomic E-state index is 13.2. The van der Waals surface area contributed by atoms with Gasteiger partial charge in [-0.1, -0.05) is 72.3 Å². The third-order valence-electron chi connectivity index (χ3n) is 5.57. The highest BCUT2D eigenvalue weighted by Crippen LogP contribution is 2.38. The number of halogens is 1. The van der Waals surface area contributed by atoms with Crippen LogP contribution in [0, 0.1) is 0 Å². The SMILES string of the molecule is O=C1S/C(=C\c2c(OS(=O)(=O)c3ccc(Cl)cc3)ccc3ccccc23)C(=O)N1Cc1ccccc1. The number of benzene rings is 4. The van der Waals surface area contributed by atoms with Crippen molar-refractivity contribution in [1.29, 1.82) is 0 Å². The van der Waals surface area contributed by atoms with Gasteiger partial charge in [-0.15, -0.1) is 0 Å². The summed E-state index contributed by atoms with van der Waals surface area (Å²) in [7, 11) is -4.19. The van der Waals surface area contributed by atoms with E-state index in [0.717, 1.165) is 22.7 Å². The summed E-state index contributed by atoms with van der Waals surface area (Å²) < 4.78 is 31.5. The Kier molecular flexibility index (Phi) is 6.57. The minimum absolute atomic E-state index is 0.0403. The number of thioether (sulfide) groups is 1. The molecule has 2 amide bonds. The molecule has 1 heterocycles. The smallest absolute Gasteiger partial charge is 0.339 e. The van der Waals surface area contributed by atoms with Gasteiger partial charge in [0.05, 0.1) is 11.4 Å². The van der Waals surface area contributed by atoms with Gasteiger partial charge in [-0.25, -0.2) is 0 Å². The first kappa shape index (κ1) is 24.1. The molecule has 1 saturated heterocycles. The molecule has 4 aromatic rings. The first-order valence-electron chi connectivity index (χ1n) is 10.8. The molecule has 180 valence electrons. The van der Waals surface area contributed by atoms with Crippen molar-refractivity contribution in [2.75, 3.05) is 0 Å². The predicted molar refractivity (Wildman–Crippen MR) is 141 cm³/mol. The van der Waals surface area contributed by atoms with Gasteiger partial charge in [0, 0.05) is 10.6 Å². The summed E-state index contributed by atoms with van der Waals surface area (Å²) in [6.45, 7) is 0.146. The van der Waals surface area contributed by atoms with Crippen LogP contribution in [-0.2, 0) is 21.5 Å². The van der Waals surface area contributed by atoms with Gasteiger partial charge >= 0.3 is 10.1 Å². The Balaban J connectivity index is 1.55. The molecule has 9 heteroatoms. The van der Waals surface area contributed by atoms with E-state index in [0.29, 0.717) is 16.0 Å². The molecule has 0 unspecified atom stereocenters. The quantitative estimate of drug-likeness (QED) is 0.207. The minimum Gasteiger partial charge on any atom is -0.378 e. The number of carbonyl (C=O) groups excluding carboxylic acids is 2. The van der Waals surface area contributed by atoms with Gasteiger partial charge in [0.2, 0.25) is 0 Å². The normalized spacial score (nSPS) is 15.1. The van der Waals surface area contributed by atoms with E-state index in [4.69, 9.17) is 15.8 Å². The average Bonchev–Trinajstić information content (AvgIpc) is 3.13. The van der Waals surface area contributed by atoms with Crippen LogP contribution in [0.1, 0.15) is 11.1 Å². The molecule has 0 bridgehead atoms. The van der Waals surface area contributed by atoms with Crippen LogP contribution in [0.5, 0.6) is 5.75 Å². The molecule has 0 spiro atoms. The van der Waals surface area contributed by atoms with Crippen molar-refractivity contribution in [2.45, 2.75) is 11.4 Å². The monoisotopic (exact) mass is 535 g/mol. The van der Waals surface area contributed by atoms with E-state index in [2.05, 4.69) is 0 Å². The molecule has 5 rings (SSSR count). The van der Waals surface area contributed by atoms with E-state index in [1.807, 2.05) is 42.5 Å². The molecule has 0 N–H and O–H groups in total. The number of amides is 2. The van der Waals surface area contributed by atoms with E-state index >= 15 is 0 Å². The number of nitrogens with zero attached hydrogens (tertiary/aromatic N) is 1. The third kappa shape index (κ3) is 4.88. The van der Waals surface area contributed by atoms with Crippen molar-refractivity contribution in [3.05, 3.63) is 112 Å². The van der Waals surface area contributed by atoms with E-state index in [1.54, 1.807) is 18.2 Å². The second kappa shape index (κ2) is 9.81. The Morgan fingerprint density at radius 1 is 0.861 bits per heavy atom. The fraction of sp³-hybridized carbons (Fsp3) is 0.0370. The van der Waals surface area contributed by atoms with Gasteiger partial charge in [0.15, 0.2) is 5.75 Å².